The number of carboxylic acids is 1. The Morgan fingerprint density at radius 3 is 2.80 bits per heavy atom. The zero-order chi connectivity index (χ0) is 14.2. The Bertz CT molecular complexity index is 647. The van der Waals surface area contributed by atoms with Gasteiger partial charge in [-0.3, -0.25) is 9.69 Å². The second-order valence-electron chi connectivity index (χ2n) is 5.74. The molecule has 0 radical (unpaired) electrons. The highest BCUT2D eigenvalue weighted by Crippen LogP contribution is 2.32. The highest BCUT2D eigenvalue weighted by molar-refractivity contribution is 5.85. The first-order valence-electron chi connectivity index (χ1n) is 7.06. The summed E-state index contributed by atoms with van der Waals surface area (Å²) < 4.78 is 0. The van der Waals surface area contributed by atoms with Crippen LogP contribution in [0.3, 0.4) is 0 Å². The Morgan fingerprint density at radius 2 is 2.00 bits per heavy atom. The molecule has 1 aliphatic rings. The zero-order valence-corrected chi connectivity index (χ0v) is 11.7. The Morgan fingerprint density at radius 1 is 1.25 bits per heavy atom. The SMILES string of the molecule is CC1(C(=O)O)CCCN1Cc1cccc2ccccc12. The van der Waals surface area contributed by atoms with E-state index in [9.17, 15) is 9.90 Å². The first-order valence-corrected chi connectivity index (χ1v) is 7.06. The van der Waals surface area contributed by atoms with Gasteiger partial charge in [0.15, 0.2) is 0 Å². The molecule has 0 amide bonds. The zero-order valence-electron chi connectivity index (χ0n) is 11.7. The molecule has 3 nitrogen and oxygen atoms in total. The lowest BCUT2D eigenvalue weighted by Gasteiger charge is -2.31. The van der Waals surface area contributed by atoms with Crippen LogP contribution in [0.15, 0.2) is 42.5 Å². The molecule has 104 valence electrons. The fourth-order valence-electron chi connectivity index (χ4n) is 3.15. The highest BCUT2D eigenvalue weighted by Gasteiger charge is 2.43. The summed E-state index contributed by atoms with van der Waals surface area (Å²) in [6.07, 6.45) is 1.68. The van der Waals surface area contributed by atoms with Crippen molar-refractivity contribution in [2.24, 2.45) is 0 Å². The molecule has 20 heavy (non-hydrogen) atoms. The lowest BCUT2D eigenvalue weighted by atomic mass is 9.98. The smallest absolute Gasteiger partial charge is 0.323 e. The average molecular weight is 269 g/mol. The van der Waals surface area contributed by atoms with Crippen LogP contribution in [0, 0.1) is 0 Å². The van der Waals surface area contributed by atoms with E-state index in [0.717, 1.165) is 19.4 Å². The second kappa shape index (κ2) is 4.91. The van der Waals surface area contributed by atoms with Gasteiger partial charge in [0.25, 0.3) is 0 Å². The predicted molar refractivity (Wildman–Crippen MR) is 79.6 cm³/mol. The van der Waals surface area contributed by atoms with Crippen LogP contribution in [-0.2, 0) is 11.3 Å². The summed E-state index contributed by atoms with van der Waals surface area (Å²) in [7, 11) is 0. The average Bonchev–Trinajstić information content (AvgIpc) is 2.82. The van der Waals surface area contributed by atoms with E-state index < -0.39 is 11.5 Å². The number of hydrogen-bond donors (Lipinski definition) is 1. The normalized spacial score (nSPS) is 23.2. The van der Waals surface area contributed by atoms with Crippen LogP contribution < -0.4 is 0 Å². The van der Waals surface area contributed by atoms with Crippen LogP contribution in [0.25, 0.3) is 10.8 Å². The van der Waals surface area contributed by atoms with Crippen molar-refractivity contribution in [3.8, 4) is 0 Å². The van der Waals surface area contributed by atoms with Gasteiger partial charge in [-0.15, -0.1) is 0 Å². The minimum atomic E-state index is -0.725. The van der Waals surface area contributed by atoms with Crippen LogP contribution in [-0.4, -0.2) is 28.1 Å². The molecule has 3 heteroatoms. The minimum absolute atomic E-state index is 0.699. The van der Waals surface area contributed by atoms with Gasteiger partial charge in [-0.2, -0.15) is 0 Å². The van der Waals surface area contributed by atoms with Crippen molar-refractivity contribution in [2.45, 2.75) is 31.8 Å². The molecule has 2 aromatic carbocycles. The fourth-order valence-corrected chi connectivity index (χ4v) is 3.15. The van der Waals surface area contributed by atoms with E-state index in [-0.39, 0.29) is 0 Å². The molecule has 1 aliphatic heterocycles. The summed E-state index contributed by atoms with van der Waals surface area (Å²) in [5, 5.41) is 11.9. The number of aliphatic carboxylic acids is 1. The Kier molecular flexibility index (Phi) is 3.22. The molecule has 2 aromatic rings. The number of benzene rings is 2. The van der Waals surface area contributed by atoms with Gasteiger partial charge in [0.05, 0.1) is 0 Å². The lowest BCUT2D eigenvalue weighted by molar-refractivity contribution is -0.148. The third-order valence-corrected chi connectivity index (χ3v) is 4.49. The summed E-state index contributed by atoms with van der Waals surface area (Å²) in [5.41, 5.74) is 0.481. The Hall–Kier alpha value is -1.87. The lowest BCUT2D eigenvalue weighted by Crippen LogP contribution is -2.47. The van der Waals surface area contributed by atoms with Gasteiger partial charge in [0.1, 0.15) is 5.54 Å². The summed E-state index contributed by atoms with van der Waals surface area (Å²) in [6, 6.07) is 14.5. The minimum Gasteiger partial charge on any atom is -0.480 e. The molecule has 3 rings (SSSR count). The van der Waals surface area contributed by atoms with Crippen molar-refractivity contribution in [1.29, 1.82) is 0 Å². The summed E-state index contributed by atoms with van der Waals surface area (Å²) >= 11 is 0. The molecule has 1 unspecified atom stereocenters. The van der Waals surface area contributed by atoms with Gasteiger partial charge in [-0.25, -0.2) is 0 Å². The summed E-state index contributed by atoms with van der Waals surface area (Å²) in [4.78, 5) is 13.6. The topological polar surface area (TPSA) is 40.5 Å². The van der Waals surface area contributed by atoms with Gasteiger partial charge < -0.3 is 5.11 Å². The van der Waals surface area contributed by atoms with Crippen LogP contribution in [0.4, 0.5) is 0 Å². The fraction of sp³-hybridized carbons (Fsp3) is 0.353. The number of carbonyl (C=O) groups is 1. The van der Waals surface area contributed by atoms with Gasteiger partial charge in [-0.05, 0) is 42.6 Å². The standard InChI is InChI=1S/C17H19NO2/c1-17(16(19)20)10-5-11-18(17)12-14-8-4-7-13-6-2-3-9-15(13)14/h2-4,6-9H,5,10-12H2,1H3,(H,19,20). The van der Waals surface area contributed by atoms with E-state index in [0.29, 0.717) is 6.54 Å². The number of likely N-dealkylation sites (tertiary alicyclic amines) is 1. The highest BCUT2D eigenvalue weighted by atomic mass is 16.4. The molecule has 0 aliphatic carbocycles. The van der Waals surface area contributed by atoms with Gasteiger partial charge >= 0.3 is 5.97 Å². The largest absolute Gasteiger partial charge is 0.480 e. The quantitative estimate of drug-likeness (QED) is 0.929. The number of carboxylic acid groups (broad SMARTS) is 1. The third-order valence-electron chi connectivity index (χ3n) is 4.49. The monoisotopic (exact) mass is 269 g/mol. The molecular weight excluding hydrogens is 250 g/mol. The van der Waals surface area contributed by atoms with Crippen molar-refractivity contribution in [3.05, 3.63) is 48.0 Å². The molecule has 1 heterocycles. The number of rotatable bonds is 3. The maximum atomic E-state index is 11.5. The van der Waals surface area contributed by atoms with Crippen molar-refractivity contribution >= 4 is 16.7 Å². The molecular formula is C17H19NO2. The van der Waals surface area contributed by atoms with E-state index in [1.807, 2.05) is 25.1 Å². The number of hydrogen-bond acceptors (Lipinski definition) is 2. The maximum Gasteiger partial charge on any atom is 0.323 e. The Labute approximate surface area is 118 Å². The van der Waals surface area contributed by atoms with Crippen molar-refractivity contribution < 1.29 is 9.90 Å². The number of nitrogens with zero attached hydrogens (tertiary/aromatic N) is 1. The molecule has 1 atom stereocenters. The second-order valence-corrected chi connectivity index (χ2v) is 5.74. The van der Waals surface area contributed by atoms with Gasteiger partial charge in [-0.1, -0.05) is 42.5 Å². The number of fused-ring (bicyclic) bond motifs is 1. The van der Waals surface area contributed by atoms with E-state index in [2.05, 4.69) is 29.2 Å². The van der Waals surface area contributed by atoms with Crippen molar-refractivity contribution in [2.75, 3.05) is 6.54 Å². The molecule has 0 bridgehead atoms. The van der Waals surface area contributed by atoms with Gasteiger partial charge in [0.2, 0.25) is 0 Å². The summed E-state index contributed by atoms with van der Waals surface area (Å²) in [6.45, 7) is 3.39. The van der Waals surface area contributed by atoms with E-state index in [1.54, 1.807) is 0 Å². The summed E-state index contributed by atoms with van der Waals surface area (Å²) in [5.74, 6) is -0.713. The van der Waals surface area contributed by atoms with E-state index >= 15 is 0 Å². The molecule has 1 saturated heterocycles. The van der Waals surface area contributed by atoms with Gasteiger partial charge in [0, 0.05) is 6.54 Å². The molecule has 0 aromatic heterocycles. The van der Waals surface area contributed by atoms with Crippen LogP contribution in [0.5, 0.6) is 0 Å². The van der Waals surface area contributed by atoms with Crippen LogP contribution >= 0.6 is 0 Å². The first kappa shape index (κ1) is 13.1. The third kappa shape index (κ3) is 2.08. The molecule has 0 spiro atoms. The van der Waals surface area contributed by atoms with Crippen LogP contribution in [0.1, 0.15) is 25.3 Å². The first-order chi connectivity index (χ1) is 9.61. The van der Waals surface area contributed by atoms with E-state index in [1.165, 1.54) is 16.3 Å². The molecule has 1 fully saturated rings. The predicted octanol–water partition coefficient (Wildman–Crippen LogP) is 3.28. The molecule has 0 saturated carbocycles. The maximum absolute atomic E-state index is 11.5. The Balaban J connectivity index is 1.96. The van der Waals surface area contributed by atoms with Crippen LogP contribution in [0.2, 0.25) is 0 Å². The van der Waals surface area contributed by atoms with Crippen molar-refractivity contribution in [3.63, 3.8) is 0 Å². The van der Waals surface area contributed by atoms with E-state index in [4.69, 9.17) is 0 Å². The molecule has 1 N–H and O–H groups in total. The van der Waals surface area contributed by atoms with Crippen molar-refractivity contribution in [1.82, 2.24) is 4.90 Å².